The smallest absolute Gasteiger partial charge is 0.275 e. The number of piperidine rings is 1. The number of nitrogens with two attached hydrogens (primary N) is 1. The number of ether oxygens (including phenoxy) is 2. The molecular formula is C24H28N8O3S. The first-order chi connectivity index (χ1) is 17.6. The van der Waals surface area contributed by atoms with E-state index >= 15 is 0 Å². The van der Waals surface area contributed by atoms with Crippen molar-refractivity contribution >= 4 is 50.0 Å². The van der Waals surface area contributed by atoms with Crippen LogP contribution in [-0.2, 0) is 14.3 Å². The summed E-state index contributed by atoms with van der Waals surface area (Å²) in [5.74, 6) is 0.853. The number of hydrogen-bond acceptors (Lipinski definition) is 11. The van der Waals surface area contributed by atoms with Gasteiger partial charge in [0.2, 0.25) is 0 Å². The third-order valence-corrected chi connectivity index (χ3v) is 7.55. The van der Waals surface area contributed by atoms with Crippen molar-refractivity contribution in [3.63, 3.8) is 0 Å². The number of carbonyl (C=O) groups is 1. The molecule has 0 aromatic carbocycles. The van der Waals surface area contributed by atoms with Crippen LogP contribution in [0, 0.1) is 0 Å². The van der Waals surface area contributed by atoms with Crippen molar-refractivity contribution < 1.29 is 14.3 Å². The van der Waals surface area contributed by atoms with E-state index in [9.17, 15) is 4.79 Å². The van der Waals surface area contributed by atoms with E-state index in [1.165, 1.54) is 12.7 Å². The lowest BCUT2D eigenvalue weighted by Gasteiger charge is -2.29. The van der Waals surface area contributed by atoms with Crippen molar-refractivity contribution in [2.45, 2.75) is 25.5 Å². The molecule has 0 aliphatic carbocycles. The molecule has 6 rings (SSSR count). The molecule has 0 radical (unpaired) electrons. The Kier molecular flexibility index (Phi) is 6.20. The lowest BCUT2D eigenvalue weighted by molar-refractivity contribution is -0.113. The summed E-state index contributed by atoms with van der Waals surface area (Å²) in [7, 11) is 0. The summed E-state index contributed by atoms with van der Waals surface area (Å²) >= 11 is 1.59. The van der Waals surface area contributed by atoms with E-state index in [1.54, 1.807) is 29.7 Å². The zero-order valence-corrected chi connectivity index (χ0v) is 20.6. The number of pyridine rings is 2. The molecule has 0 saturated carbocycles. The van der Waals surface area contributed by atoms with Crippen LogP contribution in [0.15, 0.2) is 36.4 Å². The monoisotopic (exact) mass is 508 g/mol. The second kappa shape index (κ2) is 9.78. The number of rotatable bonds is 5. The van der Waals surface area contributed by atoms with Crippen LogP contribution in [0.25, 0.3) is 10.3 Å². The number of nitrogens with zero attached hydrogens (tertiary/aromatic N) is 5. The highest BCUT2D eigenvalue weighted by molar-refractivity contribution is 7.22. The SMILES string of the molecule is Nc1cc(C2NC(C(=O)Nc3cc4sc(N5CCOCC5)nc4nc3N3CCCCC3)=CO2)ccn1. The number of amides is 1. The Morgan fingerprint density at radius 1 is 1.11 bits per heavy atom. The Morgan fingerprint density at radius 3 is 2.75 bits per heavy atom. The molecule has 2 saturated heterocycles. The third-order valence-electron chi connectivity index (χ3n) is 6.50. The molecule has 1 unspecified atom stereocenters. The zero-order valence-electron chi connectivity index (χ0n) is 19.8. The fourth-order valence-corrected chi connectivity index (χ4v) is 5.62. The van der Waals surface area contributed by atoms with Crippen molar-refractivity contribution in [3.05, 3.63) is 41.9 Å². The highest BCUT2D eigenvalue weighted by atomic mass is 32.1. The van der Waals surface area contributed by atoms with Gasteiger partial charge in [-0.3, -0.25) is 4.79 Å². The number of nitrogens with one attached hydrogen (secondary N) is 2. The van der Waals surface area contributed by atoms with Crippen LogP contribution >= 0.6 is 11.3 Å². The minimum atomic E-state index is -0.504. The van der Waals surface area contributed by atoms with Gasteiger partial charge >= 0.3 is 0 Å². The molecule has 1 atom stereocenters. The number of morpholine rings is 1. The lowest BCUT2D eigenvalue weighted by Crippen LogP contribution is -2.36. The van der Waals surface area contributed by atoms with Gasteiger partial charge in [-0.25, -0.2) is 9.97 Å². The first kappa shape index (κ1) is 22.8. The lowest BCUT2D eigenvalue weighted by atomic mass is 10.1. The number of nitrogen functional groups attached to an aromatic ring is 1. The Bertz CT molecular complexity index is 1300. The summed E-state index contributed by atoms with van der Waals surface area (Å²) in [4.78, 5) is 31.5. The van der Waals surface area contributed by atoms with Crippen molar-refractivity contribution in [2.24, 2.45) is 0 Å². The van der Waals surface area contributed by atoms with Gasteiger partial charge in [-0.2, -0.15) is 4.98 Å². The van der Waals surface area contributed by atoms with E-state index in [0.29, 0.717) is 36.1 Å². The van der Waals surface area contributed by atoms with E-state index in [-0.39, 0.29) is 5.91 Å². The second-order valence-electron chi connectivity index (χ2n) is 8.99. The van der Waals surface area contributed by atoms with Gasteiger partial charge in [-0.15, -0.1) is 0 Å². The Labute approximate surface area is 212 Å². The van der Waals surface area contributed by atoms with Crippen molar-refractivity contribution in [1.29, 1.82) is 0 Å². The molecule has 2 fully saturated rings. The first-order valence-corrected chi connectivity index (χ1v) is 13.0. The summed E-state index contributed by atoms with van der Waals surface area (Å²) in [6.07, 6.45) is 5.94. The van der Waals surface area contributed by atoms with Crippen LogP contribution < -0.4 is 26.2 Å². The summed E-state index contributed by atoms with van der Waals surface area (Å²) in [6.45, 7) is 4.82. The predicted octanol–water partition coefficient (Wildman–Crippen LogP) is 2.59. The highest BCUT2D eigenvalue weighted by Gasteiger charge is 2.27. The summed E-state index contributed by atoms with van der Waals surface area (Å²) in [5.41, 5.74) is 8.29. The molecule has 3 aliphatic rings. The Balaban J connectivity index is 1.26. The number of anilines is 4. The number of carbonyl (C=O) groups excluding carboxylic acids is 1. The molecule has 36 heavy (non-hydrogen) atoms. The standard InChI is InChI=1S/C24H28N8O3S/c25-19-12-15(4-5-26-19)23-28-17(14-35-23)22(33)27-16-13-18-20(29-21(16)31-6-2-1-3-7-31)30-24(36-18)32-8-10-34-11-9-32/h4-5,12-14,23,28H,1-3,6-11H2,(H2,25,26)(H,27,33). The van der Waals surface area contributed by atoms with Crippen molar-refractivity contribution in [2.75, 3.05) is 60.2 Å². The van der Waals surface area contributed by atoms with E-state index < -0.39 is 6.23 Å². The van der Waals surface area contributed by atoms with Crippen molar-refractivity contribution in [1.82, 2.24) is 20.3 Å². The zero-order chi connectivity index (χ0) is 24.5. The molecule has 4 N–H and O–H groups in total. The Morgan fingerprint density at radius 2 is 1.94 bits per heavy atom. The topological polar surface area (TPSA) is 131 Å². The predicted molar refractivity (Wildman–Crippen MR) is 139 cm³/mol. The average molecular weight is 509 g/mol. The van der Waals surface area contributed by atoms with Gasteiger partial charge in [0.05, 0.1) is 23.6 Å². The van der Waals surface area contributed by atoms with Crippen LogP contribution in [0.5, 0.6) is 0 Å². The molecule has 12 heteroatoms. The van der Waals surface area contributed by atoms with Crippen molar-refractivity contribution in [3.8, 4) is 0 Å². The summed E-state index contributed by atoms with van der Waals surface area (Å²) < 4.78 is 12.1. The fourth-order valence-electron chi connectivity index (χ4n) is 4.62. The molecule has 0 bridgehead atoms. The average Bonchev–Trinajstić information content (AvgIpc) is 3.57. The Hall–Kier alpha value is -3.64. The second-order valence-corrected chi connectivity index (χ2v) is 9.99. The molecular weight excluding hydrogens is 480 g/mol. The van der Waals surface area contributed by atoms with Crippen LogP contribution in [0.4, 0.5) is 22.5 Å². The fraction of sp³-hybridized carbons (Fsp3) is 0.417. The quantitative estimate of drug-likeness (QED) is 0.473. The maximum Gasteiger partial charge on any atom is 0.275 e. The van der Waals surface area contributed by atoms with Crippen LogP contribution in [-0.4, -0.2) is 60.3 Å². The number of aromatic nitrogens is 3. The van der Waals surface area contributed by atoms with E-state index in [1.807, 2.05) is 6.07 Å². The van der Waals surface area contributed by atoms with Gasteiger partial charge in [0.15, 0.2) is 22.8 Å². The molecule has 1 amide bonds. The highest BCUT2D eigenvalue weighted by Crippen LogP contribution is 2.36. The molecule has 6 heterocycles. The van der Waals surface area contributed by atoms with Gasteiger partial charge in [0.25, 0.3) is 5.91 Å². The van der Waals surface area contributed by atoms with Crippen LogP contribution in [0.2, 0.25) is 0 Å². The molecule has 11 nitrogen and oxygen atoms in total. The number of thiazole rings is 1. The molecule has 188 valence electrons. The van der Waals surface area contributed by atoms with Gasteiger partial charge in [-0.05, 0) is 37.5 Å². The molecule has 3 aliphatic heterocycles. The van der Waals surface area contributed by atoms with Crippen LogP contribution in [0.1, 0.15) is 31.1 Å². The van der Waals surface area contributed by atoms with E-state index in [4.69, 9.17) is 25.2 Å². The number of hydrogen-bond donors (Lipinski definition) is 3. The maximum absolute atomic E-state index is 13.2. The third kappa shape index (κ3) is 4.61. The normalized spacial score (nSPS) is 20.1. The molecule has 3 aromatic heterocycles. The minimum Gasteiger partial charge on any atom is -0.472 e. The maximum atomic E-state index is 13.2. The largest absolute Gasteiger partial charge is 0.472 e. The molecule has 0 spiro atoms. The van der Waals surface area contributed by atoms with Gasteiger partial charge in [-0.1, -0.05) is 11.3 Å². The van der Waals surface area contributed by atoms with Gasteiger partial charge in [0.1, 0.15) is 17.8 Å². The summed E-state index contributed by atoms with van der Waals surface area (Å²) in [6, 6.07) is 5.50. The molecule has 3 aromatic rings. The number of fused-ring (bicyclic) bond motifs is 1. The van der Waals surface area contributed by atoms with Crippen LogP contribution in [0.3, 0.4) is 0 Å². The van der Waals surface area contributed by atoms with E-state index in [2.05, 4.69) is 25.4 Å². The van der Waals surface area contributed by atoms with Gasteiger partial charge in [0, 0.05) is 37.9 Å². The minimum absolute atomic E-state index is 0.295. The van der Waals surface area contributed by atoms with E-state index in [0.717, 1.165) is 60.2 Å². The van der Waals surface area contributed by atoms with Gasteiger partial charge < -0.3 is 35.6 Å². The summed E-state index contributed by atoms with van der Waals surface area (Å²) in [5, 5.41) is 7.12. The first-order valence-electron chi connectivity index (χ1n) is 12.2.